The van der Waals surface area contributed by atoms with Crippen LogP contribution >= 0.6 is 11.9 Å². The van der Waals surface area contributed by atoms with E-state index in [1.807, 2.05) is 43.1 Å². The molecule has 0 saturated heterocycles. The highest BCUT2D eigenvalue weighted by Gasteiger charge is 2.30. The fraction of sp³-hybridized carbons (Fsp3) is 0.176. The number of rotatable bonds is 5. The van der Waals surface area contributed by atoms with Crippen molar-refractivity contribution in [2.75, 3.05) is 12.4 Å². The van der Waals surface area contributed by atoms with Crippen LogP contribution in [-0.4, -0.2) is 21.6 Å². The number of imidazole rings is 1. The lowest BCUT2D eigenvalue weighted by molar-refractivity contribution is -0.137. The van der Waals surface area contributed by atoms with E-state index in [2.05, 4.69) is 20.0 Å². The average molecular weight is 379 g/mol. The number of aryl methyl sites for hydroxylation is 1. The van der Waals surface area contributed by atoms with Crippen molar-refractivity contribution < 1.29 is 13.2 Å². The predicted octanol–water partition coefficient (Wildman–Crippen LogP) is 4.47. The molecule has 26 heavy (non-hydrogen) atoms. The number of halogens is 3. The van der Waals surface area contributed by atoms with Crippen molar-refractivity contribution >= 4 is 23.5 Å². The third-order valence-electron chi connectivity index (χ3n) is 3.55. The Kier molecular flexibility index (Phi) is 5.19. The zero-order valence-corrected chi connectivity index (χ0v) is 14.8. The average Bonchev–Trinajstić information content (AvgIpc) is 3.02. The molecule has 0 saturated carbocycles. The van der Waals surface area contributed by atoms with Crippen LogP contribution in [0.4, 0.5) is 24.7 Å². The molecule has 1 aromatic carbocycles. The monoisotopic (exact) mass is 379 g/mol. The van der Waals surface area contributed by atoms with Crippen LogP contribution < -0.4 is 10.0 Å². The highest BCUT2D eigenvalue weighted by Crippen LogP contribution is 2.33. The second-order valence-electron chi connectivity index (χ2n) is 5.49. The highest BCUT2D eigenvalue weighted by molar-refractivity contribution is 7.97. The maximum atomic E-state index is 12.7. The first-order valence-corrected chi connectivity index (χ1v) is 8.44. The second kappa shape index (κ2) is 7.38. The minimum absolute atomic E-state index is 0.323. The number of pyridine rings is 1. The van der Waals surface area contributed by atoms with Gasteiger partial charge in [0.05, 0.1) is 17.6 Å². The summed E-state index contributed by atoms with van der Waals surface area (Å²) in [5.74, 6) is 0.323. The largest absolute Gasteiger partial charge is 0.417 e. The van der Waals surface area contributed by atoms with Gasteiger partial charge in [0.15, 0.2) is 0 Å². The van der Waals surface area contributed by atoms with Crippen molar-refractivity contribution in [2.45, 2.75) is 11.1 Å². The lowest BCUT2D eigenvalue weighted by Crippen LogP contribution is -2.06. The summed E-state index contributed by atoms with van der Waals surface area (Å²) in [7, 11) is 3.69. The summed E-state index contributed by atoms with van der Waals surface area (Å²) < 4.78 is 42.9. The van der Waals surface area contributed by atoms with Crippen molar-refractivity contribution in [3.8, 4) is 11.3 Å². The maximum Gasteiger partial charge on any atom is 0.417 e. The van der Waals surface area contributed by atoms with Crippen molar-refractivity contribution in [3.05, 3.63) is 54.6 Å². The smallest absolute Gasteiger partial charge is 0.340 e. The van der Waals surface area contributed by atoms with Crippen LogP contribution in [0.1, 0.15) is 5.56 Å². The van der Waals surface area contributed by atoms with E-state index in [1.165, 1.54) is 18.0 Å². The molecule has 0 aliphatic heterocycles. The first kappa shape index (κ1) is 18.3. The topological polar surface area (TPSA) is 54.8 Å². The van der Waals surface area contributed by atoms with E-state index in [4.69, 9.17) is 0 Å². The molecule has 0 radical (unpaired) electrons. The van der Waals surface area contributed by atoms with Gasteiger partial charge in [0.2, 0.25) is 0 Å². The summed E-state index contributed by atoms with van der Waals surface area (Å²) in [5.41, 5.74) is 1.50. The van der Waals surface area contributed by atoms with Crippen molar-refractivity contribution in [1.82, 2.24) is 19.3 Å². The summed E-state index contributed by atoms with van der Waals surface area (Å²) in [6, 6.07) is 8.02. The molecule has 0 fully saturated rings. The van der Waals surface area contributed by atoms with E-state index >= 15 is 0 Å². The van der Waals surface area contributed by atoms with Crippen LogP contribution in [0.15, 0.2) is 53.9 Å². The highest BCUT2D eigenvalue weighted by atomic mass is 32.2. The van der Waals surface area contributed by atoms with Gasteiger partial charge in [0.25, 0.3) is 0 Å². The molecular weight excluding hydrogens is 363 g/mol. The summed E-state index contributed by atoms with van der Waals surface area (Å²) >= 11 is 1.46. The number of hydrogen-bond donors (Lipinski definition) is 2. The number of hydrogen-bond acceptors (Lipinski definition) is 5. The van der Waals surface area contributed by atoms with E-state index in [9.17, 15) is 13.2 Å². The van der Waals surface area contributed by atoms with Gasteiger partial charge in [-0.3, -0.25) is 4.72 Å². The van der Waals surface area contributed by atoms with Gasteiger partial charge in [-0.2, -0.15) is 13.2 Å². The SMILES string of the molecule is CNSc1ccc(Nc2ccc(C(F)(F)F)cn2)c(-c2cn(C)cn2)c1. The van der Waals surface area contributed by atoms with E-state index in [-0.39, 0.29) is 0 Å². The van der Waals surface area contributed by atoms with Crippen LogP contribution in [0.2, 0.25) is 0 Å². The normalized spacial score (nSPS) is 11.6. The predicted molar refractivity (Wildman–Crippen MR) is 96.1 cm³/mol. The summed E-state index contributed by atoms with van der Waals surface area (Å²) in [6.07, 6.45) is -0.0352. The quantitative estimate of drug-likeness (QED) is 0.641. The first-order valence-electron chi connectivity index (χ1n) is 7.63. The summed E-state index contributed by atoms with van der Waals surface area (Å²) in [5, 5.41) is 3.07. The number of anilines is 2. The van der Waals surface area contributed by atoms with Gasteiger partial charge in [0.1, 0.15) is 5.82 Å². The van der Waals surface area contributed by atoms with Gasteiger partial charge in [0, 0.05) is 35.6 Å². The van der Waals surface area contributed by atoms with Gasteiger partial charge in [-0.15, -0.1) is 0 Å². The minimum Gasteiger partial charge on any atom is -0.340 e. The molecule has 0 spiro atoms. The van der Waals surface area contributed by atoms with Crippen LogP contribution in [0.5, 0.6) is 0 Å². The van der Waals surface area contributed by atoms with Gasteiger partial charge in [-0.25, -0.2) is 9.97 Å². The zero-order valence-electron chi connectivity index (χ0n) is 14.0. The second-order valence-corrected chi connectivity index (χ2v) is 6.58. The van der Waals surface area contributed by atoms with Gasteiger partial charge >= 0.3 is 6.18 Å². The Morgan fingerprint density at radius 2 is 1.92 bits per heavy atom. The molecular formula is C17H16F3N5S. The number of alkyl halides is 3. The van der Waals surface area contributed by atoms with Crippen LogP contribution in [0, 0.1) is 0 Å². The molecule has 2 heterocycles. The van der Waals surface area contributed by atoms with Gasteiger partial charge < -0.3 is 9.88 Å². The summed E-state index contributed by atoms with van der Waals surface area (Å²) in [4.78, 5) is 9.21. The summed E-state index contributed by atoms with van der Waals surface area (Å²) in [6.45, 7) is 0. The molecule has 0 unspecified atom stereocenters. The number of benzene rings is 1. The van der Waals surface area contributed by atoms with E-state index in [0.29, 0.717) is 11.5 Å². The molecule has 2 aromatic heterocycles. The molecule has 5 nitrogen and oxygen atoms in total. The molecule has 0 atom stereocenters. The Balaban J connectivity index is 1.94. The third kappa shape index (κ3) is 4.17. The van der Waals surface area contributed by atoms with Crippen LogP contribution in [-0.2, 0) is 13.2 Å². The number of aromatic nitrogens is 3. The molecule has 2 N–H and O–H groups in total. The van der Waals surface area contributed by atoms with Crippen molar-refractivity contribution in [3.63, 3.8) is 0 Å². The van der Waals surface area contributed by atoms with Crippen molar-refractivity contribution in [2.24, 2.45) is 7.05 Å². The molecule has 9 heteroatoms. The Bertz CT molecular complexity index is 890. The zero-order chi connectivity index (χ0) is 18.7. The Labute approximate surface area is 152 Å². The molecule has 3 aromatic rings. The third-order valence-corrected chi connectivity index (χ3v) is 4.24. The first-order chi connectivity index (χ1) is 12.4. The Morgan fingerprint density at radius 3 is 2.50 bits per heavy atom. The molecule has 3 rings (SSSR count). The molecule has 136 valence electrons. The molecule has 0 aliphatic carbocycles. The van der Waals surface area contributed by atoms with Gasteiger partial charge in [-0.05, 0) is 49.3 Å². The maximum absolute atomic E-state index is 12.7. The fourth-order valence-corrected chi connectivity index (χ4v) is 2.90. The molecule has 0 bridgehead atoms. The van der Waals surface area contributed by atoms with E-state index in [0.717, 1.165) is 28.4 Å². The lowest BCUT2D eigenvalue weighted by Gasteiger charge is -2.13. The molecule has 0 amide bonds. The van der Waals surface area contributed by atoms with Gasteiger partial charge in [-0.1, -0.05) is 0 Å². The minimum atomic E-state index is -4.41. The van der Waals surface area contributed by atoms with E-state index < -0.39 is 11.7 Å². The lowest BCUT2D eigenvalue weighted by atomic mass is 10.1. The van der Waals surface area contributed by atoms with Crippen LogP contribution in [0.3, 0.4) is 0 Å². The Hall–Kier alpha value is -2.52. The fourth-order valence-electron chi connectivity index (χ4n) is 2.35. The molecule has 0 aliphatic rings. The van der Waals surface area contributed by atoms with E-state index in [1.54, 1.807) is 6.33 Å². The standard InChI is InChI=1S/C17H16F3N5S/c1-21-26-12-4-5-14(13(7-12)15-9-25(2)10-23-15)24-16-6-3-11(8-22-16)17(18,19)20/h3-10,21H,1-2H3,(H,22,24). The number of nitrogens with zero attached hydrogens (tertiary/aromatic N) is 3. The van der Waals surface area contributed by atoms with Crippen LogP contribution in [0.25, 0.3) is 11.3 Å². The number of nitrogens with one attached hydrogen (secondary N) is 2. The Morgan fingerprint density at radius 1 is 1.12 bits per heavy atom. The van der Waals surface area contributed by atoms with Crippen molar-refractivity contribution in [1.29, 1.82) is 0 Å².